The van der Waals surface area contributed by atoms with E-state index in [1.165, 1.54) is 6.20 Å². The minimum atomic E-state index is -1.63. The fourth-order valence-electron chi connectivity index (χ4n) is 2.46. The lowest BCUT2D eigenvalue weighted by Gasteiger charge is -2.26. The fraction of sp³-hybridized carbons (Fsp3) is 0.526. The van der Waals surface area contributed by atoms with Gasteiger partial charge in [0.25, 0.3) is 0 Å². The highest BCUT2D eigenvalue weighted by atomic mass is 19.2. The molecule has 2 nitrogen and oxygen atoms in total. The lowest BCUT2D eigenvalue weighted by Crippen LogP contribution is -2.25. The standard InChI is InChI=1S/C19H28F2N2/c1-5-8-9-14(7-3)23-12-17(22)16-11-10-15(13(4)6-2)18(20)19(16)21/h5,8,10-13,15,18H,6-7,9,22H2,1-4H3/b8-5-,17-12-,23-14-. The summed E-state index contributed by atoms with van der Waals surface area (Å²) in [6.07, 6.45) is 9.38. The summed E-state index contributed by atoms with van der Waals surface area (Å²) in [5.41, 5.74) is 7.13. The van der Waals surface area contributed by atoms with Crippen LogP contribution in [0.2, 0.25) is 0 Å². The molecule has 23 heavy (non-hydrogen) atoms. The van der Waals surface area contributed by atoms with Crippen LogP contribution in [0.5, 0.6) is 0 Å². The van der Waals surface area contributed by atoms with Crippen molar-refractivity contribution in [2.24, 2.45) is 22.6 Å². The van der Waals surface area contributed by atoms with Gasteiger partial charge in [-0.1, -0.05) is 51.5 Å². The van der Waals surface area contributed by atoms with Crippen LogP contribution in [0.3, 0.4) is 0 Å². The van der Waals surface area contributed by atoms with Crippen LogP contribution in [0.25, 0.3) is 0 Å². The number of aliphatic imine (C=N–C) groups is 1. The molecule has 0 saturated carbocycles. The molecule has 0 radical (unpaired) electrons. The number of nitrogens with zero attached hydrogens (tertiary/aromatic N) is 1. The van der Waals surface area contributed by atoms with E-state index in [2.05, 4.69) is 4.99 Å². The van der Waals surface area contributed by atoms with Crippen molar-refractivity contribution < 1.29 is 8.78 Å². The molecule has 0 fully saturated rings. The van der Waals surface area contributed by atoms with Crippen molar-refractivity contribution >= 4 is 5.71 Å². The molecule has 4 heteroatoms. The first-order valence-corrected chi connectivity index (χ1v) is 8.30. The zero-order chi connectivity index (χ0) is 17.4. The summed E-state index contributed by atoms with van der Waals surface area (Å²) >= 11 is 0. The second kappa shape index (κ2) is 9.43. The molecule has 1 aliphatic rings. The predicted molar refractivity (Wildman–Crippen MR) is 94.5 cm³/mol. The Hall–Kier alpha value is -1.71. The van der Waals surface area contributed by atoms with Crippen molar-refractivity contribution in [2.75, 3.05) is 0 Å². The van der Waals surface area contributed by atoms with Crippen LogP contribution in [-0.2, 0) is 0 Å². The lowest BCUT2D eigenvalue weighted by atomic mass is 9.82. The Morgan fingerprint density at radius 3 is 2.70 bits per heavy atom. The van der Waals surface area contributed by atoms with E-state index in [9.17, 15) is 8.78 Å². The molecule has 0 heterocycles. The van der Waals surface area contributed by atoms with Crippen LogP contribution in [0, 0.1) is 11.8 Å². The van der Waals surface area contributed by atoms with Crippen LogP contribution in [0.4, 0.5) is 8.78 Å². The second-order valence-corrected chi connectivity index (χ2v) is 5.89. The Morgan fingerprint density at radius 1 is 1.43 bits per heavy atom. The van der Waals surface area contributed by atoms with E-state index >= 15 is 0 Å². The molecule has 0 aromatic carbocycles. The molecule has 0 saturated heterocycles. The Balaban J connectivity index is 2.97. The normalized spacial score (nSPS) is 24.6. The van der Waals surface area contributed by atoms with E-state index in [-0.39, 0.29) is 17.2 Å². The largest absolute Gasteiger partial charge is 0.397 e. The summed E-state index contributed by atoms with van der Waals surface area (Å²) in [4.78, 5) is 4.31. The summed E-state index contributed by atoms with van der Waals surface area (Å²) < 4.78 is 28.6. The molecule has 0 spiro atoms. The topological polar surface area (TPSA) is 38.4 Å². The Kier molecular flexibility index (Phi) is 7.93. The number of alkyl halides is 1. The smallest absolute Gasteiger partial charge is 0.158 e. The van der Waals surface area contributed by atoms with Crippen molar-refractivity contribution in [2.45, 2.75) is 53.1 Å². The van der Waals surface area contributed by atoms with E-state index in [1.807, 2.05) is 39.8 Å². The maximum absolute atomic E-state index is 14.3. The molecule has 0 amide bonds. The monoisotopic (exact) mass is 322 g/mol. The third-order valence-corrected chi connectivity index (χ3v) is 4.32. The van der Waals surface area contributed by atoms with Crippen molar-refractivity contribution in [3.05, 3.63) is 47.6 Å². The predicted octanol–water partition coefficient (Wildman–Crippen LogP) is 5.40. The highest BCUT2D eigenvalue weighted by Gasteiger charge is 2.32. The number of hydrogen-bond donors (Lipinski definition) is 1. The minimum absolute atomic E-state index is 0.0873. The summed E-state index contributed by atoms with van der Waals surface area (Å²) in [6, 6.07) is 0. The zero-order valence-corrected chi connectivity index (χ0v) is 14.5. The van der Waals surface area contributed by atoms with Crippen molar-refractivity contribution in [1.29, 1.82) is 0 Å². The maximum Gasteiger partial charge on any atom is 0.158 e. The number of halogens is 2. The fourth-order valence-corrected chi connectivity index (χ4v) is 2.46. The van der Waals surface area contributed by atoms with Crippen molar-refractivity contribution in [3.8, 4) is 0 Å². The van der Waals surface area contributed by atoms with Gasteiger partial charge in [-0.25, -0.2) is 8.78 Å². The molecule has 0 aliphatic heterocycles. The first kappa shape index (κ1) is 19.3. The lowest BCUT2D eigenvalue weighted by molar-refractivity contribution is 0.207. The summed E-state index contributed by atoms with van der Waals surface area (Å²) in [7, 11) is 0. The van der Waals surface area contributed by atoms with Gasteiger partial charge < -0.3 is 5.73 Å². The van der Waals surface area contributed by atoms with E-state index in [1.54, 1.807) is 12.2 Å². The van der Waals surface area contributed by atoms with Crippen LogP contribution in [0.15, 0.2) is 52.6 Å². The molecule has 1 aliphatic carbocycles. The zero-order valence-electron chi connectivity index (χ0n) is 14.5. The minimum Gasteiger partial charge on any atom is -0.397 e. The number of hydrogen-bond acceptors (Lipinski definition) is 2. The number of nitrogens with two attached hydrogens (primary N) is 1. The summed E-state index contributed by atoms with van der Waals surface area (Å²) in [6.45, 7) is 7.85. The van der Waals surface area contributed by atoms with Gasteiger partial charge in [-0.2, -0.15) is 0 Å². The van der Waals surface area contributed by atoms with Gasteiger partial charge in [0, 0.05) is 23.6 Å². The summed E-state index contributed by atoms with van der Waals surface area (Å²) in [5.74, 6) is -1.13. The first-order chi connectivity index (χ1) is 11.0. The van der Waals surface area contributed by atoms with Gasteiger partial charge >= 0.3 is 0 Å². The van der Waals surface area contributed by atoms with E-state index in [0.717, 1.165) is 25.0 Å². The van der Waals surface area contributed by atoms with E-state index < -0.39 is 17.9 Å². The third kappa shape index (κ3) is 5.15. The average molecular weight is 322 g/mol. The maximum atomic E-state index is 14.3. The van der Waals surface area contributed by atoms with Gasteiger partial charge in [-0.3, -0.25) is 4.99 Å². The van der Waals surface area contributed by atoms with Crippen molar-refractivity contribution in [3.63, 3.8) is 0 Å². The molecule has 0 bridgehead atoms. The van der Waals surface area contributed by atoms with Crippen LogP contribution in [0.1, 0.15) is 47.0 Å². The van der Waals surface area contributed by atoms with Crippen LogP contribution >= 0.6 is 0 Å². The van der Waals surface area contributed by atoms with Crippen molar-refractivity contribution in [1.82, 2.24) is 0 Å². The summed E-state index contributed by atoms with van der Waals surface area (Å²) in [5, 5.41) is 0. The molecule has 128 valence electrons. The molecule has 0 aromatic rings. The highest BCUT2D eigenvalue weighted by Crippen LogP contribution is 2.35. The SMILES string of the molecule is C/C=C\C/C(CC)=N\C=C(/N)C1=C(F)C(F)C(C(C)CC)C=C1. The molecule has 3 unspecified atom stereocenters. The highest BCUT2D eigenvalue weighted by molar-refractivity contribution is 5.86. The Bertz CT molecular complexity index is 542. The van der Waals surface area contributed by atoms with E-state index in [4.69, 9.17) is 5.73 Å². The second-order valence-electron chi connectivity index (χ2n) is 5.89. The van der Waals surface area contributed by atoms with Gasteiger partial charge in [-0.15, -0.1) is 0 Å². The van der Waals surface area contributed by atoms with Gasteiger partial charge in [0.05, 0.1) is 11.9 Å². The molecule has 0 aromatic heterocycles. The van der Waals surface area contributed by atoms with Crippen LogP contribution < -0.4 is 5.73 Å². The first-order valence-electron chi connectivity index (χ1n) is 8.30. The Morgan fingerprint density at radius 2 is 2.13 bits per heavy atom. The van der Waals surface area contributed by atoms with Gasteiger partial charge in [0.1, 0.15) is 5.83 Å². The quantitative estimate of drug-likeness (QED) is 0.495. The molecule has 1 rings (SSSR count). The average Bonchev–Trinajstić information content (AvgIpc) is 2.56. The Labute approximate surface area is 138 Å². The molecular weight excluding hydrogens is 294 g/mol. The molecule has 2 N–H and O–H groups in total. The number of allylic oxidation sites excluding steroid dienone is 5. The third-order valence-electron chi connectivity index (χ3n) is 4.32. The number of rotatable bonds is 7. The molecular formula is C19H28F2N2. The van der Waals surface area contributed by atoms with Gasteiger partial charge in [-0.05, 0) is 19.3 Å². The van der Waals surface area contributed by atoms with Crippen LogP contribution in [-0.4, -0.2) is 11.9 Å². The molecule has 3 atom stereocenters. The van der Waals surface area contributed by atoms with E-state index in [0.29, 0.717) is 0 Å². The van der Waals surface area contributed by atoms with Gasteiger partial charge in [0.2, 0.25) is 0 Å². The van der Waals surface area contributed by atoms with Gasteiger partial charge in [0.15, 0.2) is 6.17 Å².